The number of ether oxygens (including phenoxy) is 5. The third kappa shape index (κ3) is 12.9. The highest BCUT2D eigenvalue weighted by molar-refractivity contribution is 9.09. The number of imide groups is 1. The van der Waals surface area contributed by atoms with Crippen LogP contribution in [-0.2, 0) is 38.1 Å². The van der Waals surface area contributed by atoms with E-state index >= 15 is 0 Å². The normalized spacial score (nSPS) is 16.3. The number of benzene rings is 3. The molecule has 1 aromatic heterocycles. The summed E-state index contributed by atoms with van der Waals surface area (Å²) < 4.78 is 28.0. The van der Waals surface area contributed by atoms with Crippen LogP contribution in [0.1, 0.15) is 47.3 Å². The molecule has 7 rings (SSSR count). The smallest absolute Gasteiger partial charge is 0.409 e. The maximum absolute atomic E-state index is 14.3. The lowest BCUT2D eigenvalue weighted by molar-refractivity contribution is -0.137. The van der Waals surface area contributed by atoms with Gasteiger partial charge in [0.25, 0.3) is 17.7 Å². The second-order valence-electron chi connectivity index (χ2n) is 16.5. The second-order valence-corrected chi connectivity index (χ2v) is 17.1. The maximum atomic E-state index is 14.3. The first kappa shape index (κ1) is 49.9. The number of aromatic nitrogens is 1. The zero-order valence-corrected chi connectivity index (χ0v) is 39.8. The molecular weight excluding hydrogens is 944 g/mol. The van der Waals surface area contributed by atoms with Crippen LogP contribution < -0.4 is 20.4 Å². The number of piperazine rings is 1. The Balaban J connectivity index is 0.796. The van der Waals surface area contributed by atoms with Gasteiger partial charge in [0.15, 0.2) is 0 Å². The summed E-state index contributed by atoms with van der Waals surface area (Å²) in [6, 6.07) is 17.2. The predicted octanol–water partition coefficient (Wildman–Crippen LogP) is 3.93. The Bertz CT molecular complexity index is 2520. The highest BCUT2D eigenvalue weighted by Crippen LogP contribution is 2.46. The van der Waals surface area contributed by atoms with E-state index in [0.29, 0.717) is 101 Å². The largest absolute Gasteiger partial charge is 0.415 e. The minimum absolute atomic E-state index is 0.0204. The van der Waals surface area contributed by atoms with Crippen LogP contribution in [0, 0.1) is 0 Å². The molecule has 3 aromatic carbocycles. The highest BCUT2D eigenvalue weighted by atomic mass is 79.9. The Morgan fingerprint density at radius 1 is 0.794 bits per heavy atom. The Hall–Kier alpha value is -6.03. The summed E-state index contributed by atoms with van der Waals surface area (Å²) in [4.78, 5) is 85.1. The number of carbonyl (C=O) groups excluding carboxylic acids is 6. The molecule has 20 heteroatoms. The number of nitrogens with zero attached hydrogens (tertiary/aromatic N) is 5. The molecule has 68 heavy (non-hydrogen) atoms. The van der Waals surface area contributed by atoms with Gasteiger partial charge in [-0.05, 0) is 48.7 Å². The van der Waals surface area contributed by atoms with Gasteiger partial charge in [-0.1, -0.05) is 46.3 Å². The van der Waals surface area contributed by atoms with Crippen LogP contribution in [0.15, 0.2) is 71.9 Å². The van der Waals surface area contributed by atoms with Crippen molar-refractivity contribution < 1.29 is 52.5 Å². The van der Waals surface area contributed by atoms with Crippen molar-refractivity contribution in [2.75, 3.05) is 116 Å². The number of hydrogen-bond acceptors (Lipinski definition) is 13. The van der Waals surface area contributed by atoms with Crippen molar-refractivity contribution in [3.63, 3.8) is 0 Å². The highest BCUT2D eigenvalue weighted by Gasteiger charge is 2.36. The summed E-state index contributed by atoms with van der Waals surface area (Å²) in [5.74, 6) is -1.18. The molecule has 6 amide bonds. The molecule has 1 atom stereocenters. The number of hydrogen-bond donors (Lipinski definition) is 3. The van der Waals surface area contributed by atoms with E-state index in [1.54, 1.807) is 16.7 Å². The fourth-order valence-corrected chi connectivity index (χ4v) is 8.52. The van der Waals surface area contributed by atoms with Gasteiger partial charge in [-0.2, -0.15) is 5.10 Å². The molecule has 0 radical (unpaired) electrons. The Morgan fingerprint density at radius 2 is 1.46 bits per heavy atom. The third-order valence-electron chi connectivity index (χ3n) is 11.8. The number of anilines is 1. The molecule has 1 saturated heterocycles. The second kappa shape index (κ2) is 24.3. The Kier molecular flexibility index (Phi) is 17.8. The van der Waals surface area contributed by atoms with Gasteiger partial charge < -0.3 is 48.7 Å². The number of carbonyl (C=O) groups is 6. The molecule has 3 aliphatic rings. The number of hydrazone groups is 1. The van der Waals surface area contributed by atoms with E-state index in [1.165, 1.54) is 12.2 Å². The van der Waals surface area contributed by atoms with E-state index in [2.05, 4.69) is 41.7 Å². The Morgan fingerprint density at radius 3 is 2.15 bits per heavy atom. The molecule has 0 saturated carbocycles. The van der Waals surface area contributed by atoms with E-state index in [9.17, 15) is 28.8 Å². The van der Waals surface area contributed by atoms with E-state index < -0.39 is 17.9 Å². The van der Waals surface area contributed by atoms with Gasteiger partial charge in [-0.15, -0.1) is 0 Å². The van der Waals surface area contributed by atoms with Gasteiger partial charge >= 0.3 is 6.09 Å². The molecule has 0 spiro atoms. The van der Waals surface area contributed by atoms with Crippen molar-refractivity contribution in [1.82, 2.24) is 30.4 Å². The van der Waals surface area contributed by atoms with E-state index in [1.807, 2.05) is 61.6 Å². The zero-order valence-electron chi connectivity index (χ0n) is 38.3. The molecule has 0 unspecified atom stereocenters. The minimum atomic E-state index is -0.414. The molecule has 0 bridgehead atoms. The molecule has 4 heterocycles. The van der Waals surface area contributed by atoms with Gasteiger partial charge in [0.05, 0.1) is 70.7 Å². The number of halogens is 1. The van der Waals surface area contributed by atoms with Crippen LogP contribution in [0.5, 0.6) is 5.75 Å². The molecular formula is C48H57BrN8O11. The summed E-state index contributed by atoms with van der Waals surface area (Å²) in [5, 5.41) is 10.2. The number of amides is 6. The van der Waals surface area contributed by atoms with Gasteiger partial charge in [-0.25, -0.2) is 10.2 Å². The fourth-order valence-electron chi connectivity index (χ4n) is 7.99. The lowest BCUT2D eigenvalue weighted by Crippen LogP contribution is -2.48. The molecule has 1 fully saturated rings. The van der Waals surface area contributed by atoms with Crippen LogP contribution in [0.4, 0.5) is 10.5 Å². The summed E-state index contributed by atoms with van der Waals surface area (Å²) >= 11 is 3.69. The van der Waals surface area contributed by atoms with E-state index in [-0.39, 0.29) is 49.6 Å². The monoisotopic (exact) mass is 1000 g/mol. The molecule has 3 N–H and O–H groups in total. The van der Waals surface area contributed by atoms with E-state index in [0.717, 1.165) is 50.8 Å². The number of likely N-dealkylation sites (N-methyl/N-ethyl adjacent to an activating group) is 1. The van der Waals surface area contributed by atoms with Crippen molar-refractivity contribution in [3.05, 3.63) is 83.6 Å². The molecule has 362 valence electrons. The van der Waals surface area contributed by atoms with E-state index in [4.69, 9.17) is 23.7 Å². The van der Waals surface area contributed by atoms with Crippen molar-refractivity contribution in [2.24, 2.45) is 5.10 Å². The number of rotatable bonds is 23. The van der Waals surface area contributed by atoms with Crippen molar-refractivity contribution >= 4 is 84.6 Å². The first-order valence-corrected chi connectivity index (χ1v) is 23.8. The first-order valence-electron chi connectivity index (χ1n) is 22.7. The van der Waals surface area contributed by atoms with Gasteiger partial charge in [-0.3, -0.25) is 28.9 Å². The molecule has 0 aliphatic carbocycles. The average molecular weight is 1000 g/mol. The van der Waals surface area contributed by atoms with Crippen molar-refractivity contribution in [3.8, 4) is 5.75 Å². The summed E-state index contributed by atoms with van der Waals surface area (Å²) in [7, 11) is 2.03. The quantitative estimate of drug-likeness (QED) is 0.0317. The third-order valence-corrected chi connectivity index (χ3v) is 12.5. The average Bonchev–Trinajstić information content (AvgIpc) is 4.05. The summed E-state index contributed by atoms with van der Waals surface area (Å²) in [6.45, 7) is 7.82. The van der Waals surface area contributed by atoms with Crippen molar-refractivity contribution in [1.29, 1.82) is 0 Å². The predicted molar refractivity (Wildman–Crippen MR) is 257 cm³/mol. The summed E-state index contributed by atoms with van der Waals surface area (Å²) in [6.07, 6.45) is 2.10. The lowest BCUT2D eigenvalue weighted by atomic mass is 9.95. The molecule has 19 nitrogen and oxygen atoms in total. The Labute approximate surface area is 402 Å². The number of alkyl halides is 1. The van der Waals surface area contributed by atoms with Crippen LogP contribution in [0.2, 0.25) is 0 Å². The van der Waals surface area contributed by atoms with Crippen LogP contribution in [-0.4, -0.2) is 172 Å². The van der Waals surface area contributed by atoms with Crippen LogP contribution >= 0.6 is 15.9 Å². The maximum Gasteiger partial charge on any atom is 0.415 e. The SMILES string of the molecule is C/C(=N\NC(=O)CCOCCOCCOCCOCCNC(=O)CCN1C(=O)C=CC1=O)c1ccc2[nH]c(C(=O)N3C[C@@H](CBr)c4c3cc(OC(=O)N3CCN(C)CC3)c3ccccc43)cc2c1. The van der Waals surface area contributed by atoms with Gasteiger partial charge in [0.2, 0.25) is 11.8 Å². The topological polar surface area (TPSA) is 214 Å². The summed E-state index contributed by atoms with van der Waals surface area (Å²) in [5.41, 5.74) is 6.87. The lowest BCUT2D eigenvalue weighted by Gasteiger charge is -2.31. The van der Waals surface area contributed by atoms with Crippen molar-refractivity contribution in [2.45, 2.75) is 25.7 Å². The van der Waals surface area contributed by atoms with Crippen LogP contribution in [0.3, 0.4) is 0 Å². The first-order chi connectivity index (χ1) is 33.0. The fraction of sp³-hybridized carbons (Fsp3) is 0.438. The van der Waals surface area contributed by atoms with Gasteiger partial charge in [0, 0.05) is 98.0 Å². The van der Waals surface area contributed by atoms with Gasteiger partial charge in [0.1, 0.15) is 11.4 Å². The molecule has 4 aromatic rings. The number of nitrogens with one attached hydrogen (secondary N) is 3. The number of H-pyrrole nitrogens is 1. The standard InChI is InChI=1S/C48H57BrN8O11/c1-32(52-53-43(59)12-19-64-21-23-66-25-26-67-24-22-65-20-13-50-42(58)11-14-56-44(60)9-10-45(56)61)33-7-8-38-34(27-33)28-39(51-38)47(62)57-31-35(30-49)46-37-6-4-3-5-36(37)41(29-40(46)57)68-48(63)55-17-15-54(2)16-18-55/h3-10,27-29,35,51H,11-26,30-31H2,1-2H3,(H,50,58)(H,53,59)/b52-32+/t35-/m1/s1. The molecule has 3 aliphatic heterocycles. The minimum Gasteiger partial charge on any atom is -0.409 e. The number of aromatic amines is 1. The zero-order chi connectivity index (χ0) is 48.0. The van der Waals surface area contributed by atoms with Crippen LogP contribution in [0.25, 0.3) is 21.7 Å². The number of fused-ring (bicyclic) bond motifs is 4.